The predicted molar refractivity (Wildman–Crippen MR) is 81.0 cm³/mol. The highest BCUT2D eigenvalue weighted by molar-refractivity contribution is 9.10. The summed E-state index contributed by atoms with van der Waals surface area (Å²) in [4.78, 5) is 8.25. The molecule has 22 heavy (non-hydrogen) atoms. The topological polar surface area (TPSA) is 68.9 Å². The van der Waals surface area contributed by atoms with Gasteiger partial charge in [0.25, 0.3) is 5.78 Å². The van der Waals surface area contributed by atoms with E-state index in [9.17, 15) is 4.39 Å². The van der Waals surface area contributed by atoms with Crippen molar-refractivity contribution in [1.82, 2.24) is 29.8 Å². The maximum absolute atomic E-state index is 14.8. The molecule has 0 N–H and O–H groups in total. The van der Waals surface area contributed by atoms with Crippen molar-refractivity contribution in [2.45, 2.75) is 6.17 Å². The zero-order valence-corrected chi connectivity index (χ0v) is 12.6. The largest absolute Gasteiger partial charge is 0.272 e. The van der Waals surface area contributed by atoms with E-state index in [2.05, 4.69) is 41.2 Å². The SMILES string of the molecule is FC(c1ccc2ncc(Br)cc2c1)c1nnc2nccnn12. The van der Waals surface area contributed by atoms with E-state index in [4.69, 9.17) is 0 Å². The number of fused-ring (bicyclic) bond motifs is 2. The van der Waals surface area contributed by atoms with E-state index in [0.717, 1.165) is 15.4 Å². The lowest BCUT2D eigenvalue weighted by Gasteiger charge is -2.07. The zero-order chi connectivity index (χ0) is 15.1. The van der Waals surface area contributed by atoms with Crippen molar-refractivity contribution in [3.8, 4) is 0 Å². The van der Waals surface area contributed by atoms with E-state index >= 15 is 0 Å². The van der Waals surface area contributed by atoms with Crippen LogP contribution in [0.25, 0.3) is 16.7 Å². The second kappa shape index (κ2) is 5.06. The van der Waals surface area contributed by atoms with Crippen molar-refractivity contribution in [2.75, 3.05) is 0 Å². The summed E-state index contributed by atoms with van der Waals surface area (Å²) in [6.45, 7) is 0. The van der Waals surface area contributed by atoms with Gasteiger partial charge in [-0.05, 0) is 39.7 Å². The Labute approximate surface area is 132 Å². The van der Waals surface area contributed by atoms with Gasteiger partial charge in [-0.2, -0.15) is 9.61 Å². The number of hydrogen-bond donors (Lipinski definition) is 0. The fraction of sp³-hybridized carbons (Fsp3) is 0.0714. The maximum Gasteiger partial charge on any atom is 0.272 e. The van der Waals surface area contributed by atoms with E-state index in [1.165, 1.54) is 16.9 Å². The van der Waals surface area contributed by atoms with Crippen molar-refractivity contribution in [3.63, 3.8) is 0 Å². The third-order valence-electron chi connectivity index (χ3n) is 3.28. The smallest absolute Gasteiger partial charge is 0.255 e. The summed E-state index contributed by atoms with van der Waals surface area (Å²) in [5.41, 5.74) is 1.26. The third kappa shape index (κ3) is 2.12. The van der Waals surface area contributed by atoms with Crippen LogP contribution in [0.15, 0.2) is 47.3 Å². The monoisotopic (exact) mass is 358 g/mol. The highest BCUT2D eigenvalue weighted by Crippen LogP contribution is 2.27. The van der Waals surface area contributed by atoms with Crippen LogP contribution in [0.1, 0.15) is 17.6 Å². The zero-order valence-electron chi connectivity index (χ0n) is 11.1. The van der Waals surface area contributed by atoms with Gasteiger partial charge in [-0.3, -0.25) is 4.98 Å². The lowest BCUT2D eigenvalue weighted by atomic mass is 10.1. The van der Waals surface area contributed by atoms with E-state index < -0.39 is 6.17 Å². The molecular weight excluding hydrogens is 351 g/mol. The molecule has 0 saturated heterocycles. The second-order valence-corrected chi connectivity index (χ2v) is 5.60. The molecule has 0 spiro atoms. The molecule has 3 heterocycles. The van der Waals surface area contributed by atoms with E-state index in [0.29, 0.717) is 5.56 Å². The maximum atomic E-state index is 14.8. The Kier molecular flexibility index (Phi) is 3.04. The van der Waals surface area contributed by atoms with Crippen LogP contribution < -0.4 is 0 Å². The molecule has 4 rings (SSSR count). The van der Waals surface area contributed by atoms with Crippen molar-refractivity contribution in [2.24, 2.45) is 0 Å². The Hall–Kier alpha value is -2.48. The fourth-order valence-electron chi connectivity index (χ4n) is 2.26. The van der Waals surface area contributed by atoms with Gasteiger partial charge in [0.15, 0.2) is 12.0 Å². The number of halogens is 2. The Morgan fingerprint density at radius 3 is 2.91 bits per heavy atom. The first-order valence-electron chi connectivity index (χ1n) is 6.44. The van der Waals surface area contributed by atoms with E-state index in [1.807, 2.05) is 6.07 Å². The molecule has 0 fully saturated rings. The summed E-state index contributed by atoms with van der Waals surface area (Å²) in [6, 6.07) is 7.10. The van der Waals surface area contributed by atoms with Gasteiger partial charge in [0, 0.05) is 16.1 Å². The highest BCUT2D eigenvalue weighted by Gasteiger charge is 2.21. The average molecular weight is 359 g/mol. The van der Waals surface area contributed by atoms with Crippen LogP contribution >= 0.6 is 15.9 Å². The summed E-state index contributed by atoms with van der Waals surface area (Å²) in [5, 5.41) is 12.6. The Morgan fingerprint density at radius 1 is 1.09 bits per heavy atom. The quantitative estimate of drug-likeness (QED) is 0.551. The van der Waals surface area contributed by atoms with Crippen LogP contribution in [0, 0.1) is 0 Å². The third-order valence-corrected chi connectivity index (χ3v) is 3.71. The number of aromatic nitrogens is 6. The van der Waals surface area contributed by atoms with Crippen molar-refractivity contribution in [1.29, 1.82) is 0 Å². The van der Waals surface area contributed by atoms with Crippen molar-refractivity contribution >= 4 is 32.6 Å². The van der Waals surface area contributed by atoms with Crippen LogP contribution in [0.2, 0.25) is 0 Å². The molecule has 0 aliphatic carbocycles. The van der Waals surface area contributed by atoms with Crippen LogP contribution in [0.3, 0.4) is 0 Å². The number of rotatable bonds is 2. The van der Waals surface area contributed by atoms with Gasteiger partial charge in [-0.15, -0.1) is 10.2 Å². The van der Waals surface area contributed by atoms with Gasteiger partial charge >= 0.3 is 0 Å². The molecule has 3 aromatic heterocycles. The summed E-state index contributed by atoms with van der Waals surface area (Å²) in [5.74, 6) is 0.371. The standard InChI is InChI=1S/C14H8BrFN6/c15-10-6-9-5-8(1-2-11(9)18-7-10)12(16)13-20-21-14-17-3-4-19-22(13)14/h1-7,12H. The van der Waals surface area contributed by atoms with Crippen molar-refractivity contribution < 1.29 is 4.39 Å². The Morgan fingerprint density at radius 2 is 2.00 bits per heavy atom. The molecule has 1 aromatic carbocycles. The molecule has 8 heteroatoms. The van der Waals surface area contributed by atoms with E-state index in [-0.39, 0.29) is 11.6 Å². The van der Waals surface area contributed by atoms with Crippen LogP contribution in [-0.2, 0) is 0 Å². The number of hydrogen-bond acceptors (Lipinski definition) is 5. The number of pyridine rings is 1. The summed E-state index contributed by atoms with van der Waals surface area (Å²) in [7, 11) is 0. The van der Waals surface area contributed by atoms with Gasteiger partial charge < -0.3 is 0 Å². The first kappa shape index (κ1) is 13.2. The summed E-state index contributed by atoms with van der Waals surface area (Å²) in [6.07, 6.45) is 3.21. The lowest BCUT2D eigenvalue weighted by Crippen LogP contribution is -2.04. The first-order chi connectivity index (χ1) is 10.7. The minimum Gasteiger partial charge on any atom is -0.255 e. The van der Waals surface area contributed by atoms with Crippen LogP contribution in [0.4, 0.5) is 4.39 Å². The molecular formula is C14H8BrFN6. The molecule has 0 aliphatic rings. The Bertz CT molecular complexity index is 985. The van der Waals surface area contributed by atoms with Gasteiger partial charge in [0.1, 0.15) is 0 Å². The predicted octanol–water partition coefficient (Wildman–Crippen LogP) is 2.89. The lowest BCUT2D eigenvalue weighted by molar-refractivity contribution is 0.377. The van der Waals surface area contributed by atoms with Gasteiger partial charge in [0.05, 0.1) is 17.9 Å². The van der Waals surface area contributed by atoms with Crippen LogP contribution in [0.5, 0.6) is 0 Å². The molecule has 108 valence electrons. The van der Waals surface area contributed by atoms with Gasteiger partial charge in [-0.25, -0.2) is 9.37 Å². The molecule has 6 nitrogen and oxygen atoms in total. The molecule has 0 radical (unpaired) electrons. The molecule has 0 bridgehead atoms. The molecule has 0 saturated carbocycles. The molecule has 1 atom stereocenters. The minimum absolute atomic E-state index is 0.102. The number of alkyl halides is 1. The fourth-order valence-corrected chi connectivity index (χ4v) is 2.61. The average Bonchev–Trinajstić information content (AvgIpc) is 2.97. The first-order valence-corrected chi connectivity index (χ1v) is 7.23. The van der Waals surface area contributed by atoms with Gasteiger partial charge in [-0.1, -0.05) is 6.07 Å². The van der Waals surface area contributed by atoms with E-state index in [1.54, 1.807) is 24.4 Å². The number of benzene rings is 1. The normalized spacial score (nSPS) is 12.8. The van der Waals surface area contributed by atoms with Crippen molar-refractivity contribution in [3.05, 3.63) is 58.7 Å². The molecule has 0 amide bonds. The minimum atomic E-state index is -1.45. The highest BCUT2D eigenvalue weighted by atomic mass is 79.9. The second-order valence-electron chi connectivity index (χ2n) is 4.68. The number of nitrogens with zero attached hydrogens (tertiary/aromatic N) is 6. The van der Waals surface area contributed by atoms with Gasteiger partial charge in [0.2, 0.25) is 0 Å². The van der Waals surface area contributed by atoms with Crippen LogP contribution in [-0.4, -0.2) is 29.8 Å². The molecule has 4 aromatic rings. The summed E-state index contributed by atoms with van der Waals surface area (Å²) < 4.78 is 17.0. The Balaban J connectivity index is 1.83. The molecule has 0 aliphatic heterocycles. The summed E-state index contributed by atoms with van der Waals surface area (Å²) >= 11 is 3.36. The molecule has 1 unspecified atom stereocenters.